The summed E-state index contributed by atoms with van der Waals surface area (Å²) < 4.78 is 0. The van der Waals surface area contributed by atoms with Gasteiger partial charge in [-0.25, -0.2) is 0 Å². The van der Waals surface area contributed by atoms with E-state index in [0.717, 1.165) is 12.1 Å². The SMILES string of the molecule is C=C(CN)CN(C)CC(C)(C)O. The number of likely N-dealkylation sites (N-methyl/N-ethyl adjacent to an activating group) is 1. The minimum Gasteiger partial charge on any atom is -0.389 e. The lowest BCUT2D eigenvalue weighted by Gasteiger charge is -2.25. The molecule has 0 saturated heterocycles. The Bertz CT molecular complexity index is 149. The summed E-state index contributed by atoms with van der Waals surface area (Å²) in [5.41, 5.74) is 5.73. The van der Waals surface area contributed by atoms with Gasteiger partial charge in [-0.1, -0.05) is 6.58 Å². The highest BCUT2D eigenvalue weighted by Crippen LogP contribution is 2.03. The zero-order valence-corrected chi connectivity index (χ0v) is 8.30. The Morgan fingerprint density at radius 3 is 2.42 bits per heavy atom. The summed E-state index contributed by atoms with van der Waals surface area (Å²) in [4.78, 5) is 2.01. The van der Waals surface area contributed by atoms with Gasteiger partial charge < -0.3 is 10.8 Å². The van der Waals surface area contributed by atoms with Gasteiger partial charge in [-0.05, 0) is 26.5 Å². The van der Waals surface area contributed by atoms with Gasteiger partial charge in [0.2, 0.25) is 0 Å². The van der Waals surface area contributed by atoms with Crippen molar-refractivity contribution in [2.24, 2.45) is 5.73 Å². The predicted molar refractivity (Wildman–Crippen MR) is 52.0 cm³/mol. The summed E-state index contributed by atoms with van der Waals surface area (Å²) in [5, 5.41) is 9.47. The third-order valence-electron chi connectivity index (χ3n) is 1.44. The number of rotatable bonds is 5. The fraction of sp³-hybridized carbons (Fsp3) is 0.778. The van der Waals surface area contributed by atoms with Crippen LogP contribution in [0.15, 0.2) is 12.2 Å². The van der Waals surface area contributed by atoms with Gasteiger partial charge in [-0.3, -0.25) is 4.90 Å². The molecule has 12 heavy (non-hydrogen) atoms. The molecule has 0 atom stereocenters. The molecule has 0 aliphatic rings. The van der Waals surface area contributed by atoms with Gasteiger partial charge in [0.1, 0.15) is 0 Å². The Kier molecular flexibility index (Phi) is 4.45. The first-order chi connectivity index (χ1) is 5.35. The maximum Gasteiger partial charge on any atom is 0.0718 e. The van der Waals surface area contributed by atoms with Crippen molar-refractivity contribution in [3.8, 4) is 0 Å². The van der Waals surface area contributed by atoms with Crippen LogP contribution in [0.5, 0.6) is 0 Å². The first-order valence-corrected chi connectivity index (χ1v) is 4.13. The molecular weight excluding hydrogens is 152 g/mol. The van der Waals surface area contributed by atoms with Crippen LogP contribution >= 0.6 is 0 Å². The molecule has 3 nitrogen and oxygen atoms in total. The van der Waals surface area contributed by atoms with Crippen LogP contribution in [0.2, 0.25) is 0 Å². The van der Waals surface area contributed by atoms with E-state index in [1.165, 1.54) is 0 Å². The van der Waals surface area contributed by atoms with Crippen LogP contribution in [0.25, 0.3) is 0 Å². The molecular formula is C9H20N2O. The van der Waals surface area contributed by atoms with Gasteiger partial charge in [-0.2, -0.15) is 0 Å². The van der Waals surface area contributed by atoms with Crippen LogP contribution < -0.4 is 5.73 Å². The van der Waals surface area contributed by atoms with Gasteiger partial charge >= 0.3 is 0 Å². The molecule has 0 aromatic carbocycles. The van der Waals surface area contributed by atoms with Crippen molar-refractivity contribution >= 4 is 0 Å². The minimum atomic E-state index is -0.649. The van der Waals surface area contributed by atoms with Crippen molar-refractivity contribution in [1.29, 1.82) is 0 Å². The molecule has 0 fully saturated rings. The quantitative estimate of drug-likeness (QED) is 0.583. The van der Waals surface area contributed by atoms with Gasteiger partial charge in [0.05, 0.1) is 5.60 Å². The Balaban J connectivity index is 3.74. The highest BCUT2D eigenvalue weighted by molar-refractivity contribution is 4.98. The Morgan fingerprint density at radius 2 is 2.08 bits per heavy atom. The van der Waals surface area contributed by atoms with Gasteiger partial charge in [0.25, 0.3) is 0 Å². The summed E-state index contributed by atoms with van der Waals surface area (Å²) in [5.74, 6) is 0. The summed E-state index contributed by atoms with van der Waals surface area (Å²) in [7, 11) is 1.94. The molecule has 0 unspecified atom stereocenters. The maximum absolute atomic E-state index is 9.47. The normalized spacial score (nSPS) is 12.2. The predicted octanol–water partition coefficient (Wildman–Crippen LogP) is 0.204. The van der Waals surface area contributed by atoms with Gasteiger partial charge in [0.15, 0.2) is 0 Å². The topological polar surface area (TPSA) is 49.5 Å². The number of nitrogens with two attached hydrogens (primary N) is 1. The van der Waals surface area contributed by atoms with Crippen molar-refractivity contribution in [3.05, 3.63) is 12.2 Å². The Labute approximate surface area is 74.9 Å². The van der Waals surface area contributed by atoms with Crippen molar-refractivity contribution in [3.63, 3.8) is 0 Å². The smallest absolute Gasteiger partial charge is 0.0718 e. The number of hydrogen-bond donors (Lipinski definition) is 2. The molecule has 0 aliphatic carbocycles. The van der Waals surface area contributed by atoms with E-state index in [1.54, 1.807) is 13.8 Å². The van der Waals surface area contributed by atoms with E-state index in [-0.39, 0.29) is 0 Å². The highest BCUT2D eigenvalue weighted by Gasteiger charge is 2.15. The molecule has 0 rings (SSSR count). The average molecular weight is 172 g/mol. The summed E-state index contributed by atoms with van der Waals surface area (Å²) in [6, 6.07) is 0. The molecule has 3 heteroatoms. The molecule has 0 bridgehead atoms. The lowest BCUT2D eigenvalue weighted by atomic mass is 10.1. The van der Waals surface area contributed by atoms with E-state index in [1.807, 2.05) is 11.9 Å². The van der Waals surface area contributed by atoms with Crippen molar-refractivity contribution in [2.45, 2.75) is 19.4 Å². The molecule has 0 aromatic heterocycles. The van der Waals surface area contributed by atoms with E-state index in [4.69, 9.17) is 5.73 Å². The van der Waals surface area contributed by atoms with Crippen LogP contribution in [-0.2, 0) is 0 Å². The zero-order valence-electron chi connectivity index (χ0n) is 8.30. The van der Waals surface area contributed by atoms with Crippen LogP contribution in [0.3, 0.4) is 0 Å². The third-order valence-corrected chi connectivity index (χ3v) is 1.44. The van der Waals surface area contributed by atoms with Gasteiger partial charge in [0, 0.05) is 19.6 Å². The fourth-order valence-electron chi connectivity index (χ4n) is 1.16. The second kappa shape index (κ2) is 4.60. The zero-order chi connectivity index (χ0) is 9.78. The first kappa shape index (κ1) is 11.6. The molecule has 0 aliphatic heterocycles. The molecule has 0 radical (unpaired) electrons. The number of hydrogen-bond acceptors (Lipinski definition) is 3. The highest BCUT2D eigenvalue weighted by atomic mass is 16.3. The van der Waals surface area contributed by atoms with Crippen molar-refractivity contribution in [1.82, 2.24) is 4.90 Å². The lowest BCUT2D eigenvalue weighted by Crippen LogP contribution is -2.37. The largest absolute Gasteiger partial charge is 0.389 e. The van der Waals surface area contributed by atoms with E-state index < -0.39 is 5.60 Å². The molecule has 0 spiro atoms. The average Bonchev–Trinajstić information content (AvgIpc) is 1.82. The van der Waals surface area contributed by atoms with Gasteiger partial charge in [-0.15, -0.1) is 0 Å². The monoisotopic (exact) mass is 172 g/mol. The molecule has 72 valence electrons. The fourth-order valence-corrected chi connectivity index (χ4v) is 1.16. The number of aliphatic hydroxyl groups is 1. The van der Waals surface area contributed by atoms with Crippen LogP contribution in [0.4, 0.5) is 0 Å². The molecule has 0 aromatic rings. The first-order valence-electron chi connectivity index (χ1n) is 4.13. The van der Waals surface area contributed by atoms with Crippen LogP contribution in [0.1, 0.15) is 13.8 Å². The van der Waals surface area contributed by atoms with Crippen LogP contribution in [-0.4, -0.2) is 42.3 Å². The molecule has 0 amide bonds. The molecule has 3 N–H and O–H groups in total. The Hall–Kier alpha value is -0.380. The maximum atomic E-state index is 9.47. The van der Waals surface area contributed by atoms with Crippen LogP contribution in [0, 0.1) is 0 Å². The molecule has 0 heterocycles. The number of nitrogens with zero attached hydrogens (tertiary/aromatic N) is 1. The van der Waals surface area contributed by atoms with Crippen molar-refractivity contribution in [2.75, 3.05) is 26.7 Å². The summed E-state index contributed by atoms with van der Waals surface area (Å²) in [6.07, 6.45) is 0. The van der Waals surface area contributed by atoms with E-state index >= 15 is 0 Å². The Morgan fingerprint density at radius 1 is 1.58 bits per heavy atom. The molecule has 0 saturated carbocycles. The second-order valence-corrected chi connectivity index (χ2v) is 3.94. The second-order valence-electron chi connectivity index (χ2n) is 3.94. The third kappa shape index (κ3) is 6.34. The lowest BCUT2D eigenvalue weighted by molar-refractivity contribution is 0.0472. The van der Waals surface area contributed by atoms with E-state index in [9.17, 15) is 5.11 Å². The summed E-state index contributed by atoms with van der Waals surface area (Å²) in [6.45, 7) is 9.26. The van der Waals surface area contributed by atoms with E-state index in [0.29, 0.717) is 13.1 Å². The standard InChI is InChI=1S/C9H20N2O/c1-8(5-10)6-11(4)7-9(2,3)12/h12H,1,5-7,10H2,2-4H3. The summed E-state index contributed by atoms with van der Waals surface area (Å²) >= 11 is 0. The van der Waals surface area contributed by atoms with Crippen molar-refractivity contribution < 1.29 is 5.11 Å². The minimum absolute atomic E-state index is 0.510. The van der Waals surface area contributed by atoms with E-state index in [2.05, 4.69) is 6.58 Å².